The SMILES string of the molecule is COc1cc(-c2ccccc2F)ccc1C#N. The van der Waals surface area contributed by atoms with Crippen LogP contribution >= 0.6 is 0 Å². The van der Waals surface area contributed by atoms with Crippen LogP contribution in [0, 0.1) is 17.1 Å². The van der Waals surface area contributed by atoms with Gasteiger partial charge in [-0.25, -0.2) is 4.39 Å². The average Bonchev–Trinajstić information content (AvgIpc) is 2.38. The second-order valence-electron chi connectivity index (χ2n) is 3.51. The zero-order valence-electron chi connectivity index (χ0n) is 9.27. The summed E-state index contributed by atoms with van der Waals surface area (Å²) >= 11 is 0. The summed E-state index contributed by atoms with van der Waals surface area (Å²) in [6, 6.07) is 13.5. The molecular weight excluding hydrogens is 217 g/mol. The van der Waals surface area contributed by atoms with E-state index in [1.54, 1.807) is 36.4 Å². The number of rotatable bonds is 2. The summed E-state index contributed by atoms with van der Waals surface area (Å²) in [6.45, 7) is 0. The molecular formula is C14H10FNO. The summed E-state index contributed by atoms with van der Waals surface area (Å²) in [6.07, 6.45) is 0. The molecule has 2 nitrogen and oxygen atoms in total. The smallest absolute Gasteiger partial charge is 0.137 e. The van der Waals surface area contributed by atoms with Crippen LogP contribution in [0.25, 0.3) is 11.1 Å². The Balaban J connectivity index is 2.55. The van der Waals surface area contributed by atoms with E-state index in [2.05, 4.69) is 0 Å². The highest BCUT2D eigenvalue weighted by molar-refractivity contribution is 5.67. The monoisotopic (exact) mass is 227 g/mol. The Morgan fingerprint density at radius 3 is 2.59 bits per heavy atom. The predicted molar refractivity (Wildman–Crippen MR) is 63.1 cm³/mol. The summed E-state index contributed by atoms with van der Waals surface area (Å²) in [5.74, 6) is 0.160. The fourth-order valence-electron chi connectivity index (χ4n) is 1.65. The molecule has 0 atom stereocenters. The number of methoxy groups -OCH3 is 1. The Morgan fingerprint density at radius 1 is 1.18 bits per heavy atom. The van der Waals surface area contributed by atoms with Crippen molar-refractivity contribution >= 4 is 0 Å². The van der Waals surface area contributed by atoms with E-state index in [9.17, 15) is 4.39 Å². The average molecular weight is 227 g/mol. The second-order valence-corrected chi connectivity index (χ2v) is 3.51. The van der Waals surface area contributed by atoms with Crippen molar-refractivity contribution in [2.24, 2.45) is 0 Å². The number of hydrogen-bond donors (Lipinski definition) is 0. The fraction of sp³-hybridized carbons (Fsp3) is 0.0714. The normalized spacial score (nSPS) is 9.71. The number of nitrogens with zero attached hydrogens (tertiary/aromatic N) is 1. The summed E-state index contributed by atoms with van der Waals surface area (Å²) in [4.78, 5) is 0. The van der Waals surface area contributed by atoms with Crippen LogP contribution in [0.3, 0.4) is 0 Å². The molecule has 84 valence electrons. The maximum atomic E-state index is 13.6. The van der Waals surface area contributed by atoms with E-state index in [0.717, 1.165) is 0 Å². The molecule has 0 aliphatic heterocycles. The highest BCUT2D eigenvalue weighted by Crippen LogP contribution is 2.28. The summed E-state index contributed by atoms with van der Waals surface area (Å²) < 4.78 is 18.7. The van der Waals surface area contributed by atoms with E-state index < -0.39 is 0 Å². The summed E-state index contributed by atoms with van der Waals surface area (Å²) in [5, 5.41) is 8.86. The van der Waals surface area contributed by atoms with E-state index in [1.165, 1.54) is 13.2 Å². The second kappa shape index (κ2) is 4.67. The van der Waals surface area contributed by atoms with Crippen LogP contribution in [0.15, 0.2) is 42.5 Å². The van der Waals surface area contributed by atoms with Gasteiger partial charge in [0.15, 0.2) is 0 Å². The Labute approximate surface area is 98.9 Å². The van der Waals surface area contributed by atoms with E-state index in [1.807, 2.05) is 6.07 Å². The minimum absolute atomic E-state index is 0.292. The standard InChI is InChI=1S/C14H10FNO/c1-17-14-8-10(6-7-11(14)9-16)12-4-2-3-5-13(12)15/h2-8H,1H3. The molecule has 17 heavy (non-hydrogen) atoms. The zero-order chi connectivity index (χ0) is 12.3. The third kappa shape index (κ3) is 2.11. The quantitative estimate of drug-likeness (QED) is 0.788. The molecule has 2 aromatic carbocycles. The number of hydrogen-bond acceptors (Lipinski definition) is 2. The van der Waals surface area contributed by atoms with Gasteiger partial charge < -0.3 is 4.74 Å². The summed E-state index contributed by atoms with van der Waals surface area (Å²) in [5.41, 5.74) is 1.63. The predicted octanol–water partition coefficient (Wildman–Crippen LogP) is 3.37. The van der Waals surface area contributed by atoms with Crippen molar-refractivity contribution in [2.45, 2.75) is 0 Å². The van der Waals surface area contributed by atoms with E-state index >= 15 is 0 Å². The third-order valence-electron chi connectivity index (χ3n) is 2.51. The Hall–Kier alpha value is -2.34. The van der Waals surface area contributed by atoms with Crippen LogP contribution in [0.1, 0.15) is 5.56 Å². The Morgan fingerprint density at radius 2 is 1.94 bits per heavy atom. The van der Waals surface area contributed by atoms with Crippen molar-refractivity contribution in [1.82, 2.24) is 0 Å². The minimum atomic E-state index is -0.292. The minimum Gasteiger partial charge on any atom is -0.495 e. The molecule has 0 heterocycles. The molecule has 0 fully saturated rings. The van der Waals surface area contributed by atoms with Gasteiger partial charge in [-0.15, -0.1) is 0 Å². The van der Waals surface area contributed by atoms with Crippen molar-refractivity contribution < 1.29 is 9.13 Å². The molecule has 0 radical (unpaired) electrons. The summed E-state index contributed by atoms with van der Waals surface area (Å²) in [7, 11) is 1.49. The molecule has 0 aliphatic carbocycles. The van der Waals surface area contributed by atoms with Gasteiger partial charge in [-0.2, -0.15) is 5.26 Å². The zero-order valence-corrected chi connectivity index (χ0v) is 9.27. The van der Waals surface area contributed by atoms with Gasteiger partial charge in [0.05, 0.1) is 12.7 Å². The molecule has 0 unspecified atom stereocenters. The molecule has 0 spiro atoms. The van der Waals surface area contributed by atoms with Gasteiger partial charge in [-0.3, -0.25) is 0 Å². The van der Waals surface area contributed by atoms with Crippen LogP contribution < -0.4 is 4.74 Å². The van der Waals surface area contributed by atoms with Gasteiger partial charge in [0.25, 0.3) is 0 Å². The van der Waals surface area contributed by atoms with Crippen molar-refractivity contribution in [3.63, 3.8) is 0 Å². The topological polar surface area (TPSA) is 33.0 Å². The van der Waals surface area contributed by atoms with E-state index in [4.69, 9.17) is 10.00 Å². The van der Waals surface area contributed by atoms with Gasteiger partial charge in [-0.05, 0) is 23.8 Å². The molecule has 0 amide bonds. The molecule has 0 N–H and O–H groups in total. The van der Waals surface area contributed by atoms with Crippen molar-refractivity contribution in [2.75, 3.05) is 7.11 Å². The molecule has 2 aromatic rings. The van der Waals surface area contributed by atoms with Crippen LogP contribution in [-0.4, -0.2) is 7.11 Å². The van der Waals surface area contributed by atoms with Gasteiger partial charge in [0.1, 0.15) is 17.6 Å². The first-order chi connectivity index (χ1) is 8.26. The molecule has 2 rings (SSSR count). The highest BCUT2D eigenvalue weighted by Gasteiger charge is 2.08. The molecule has 0 aliphatic rings. The third-order valence-corrected chi connectivity index (χ3v) is 2.51. The molecule has 3 heteroatoms. The van der Waals surface area contributed by atoms with Gasteiger partial charge >= 0.3 is 0 Å². The molecule has 0 saturated carbocycles. The van der Waals surface area contributed by atoms with E-state index in [-0.39, 0.29) is 5.82 Å². The van der Waals surface area contributed by atoms with Crippen LogP contribution in [0.2, 0.25) is 0 Å². The van der Waals surface area contributed by atoms with Crippen LogP contribution in [0.5, 0.6) is 5.75 Å². The van der Waals surface area contributed by atoms with E-state index in [0.29, 0.717) is 22.4 Å². The fourth-order valence-corrected chi connectivity index (χ4v) is 1.65. The largest absolute Gasteiger partial charge is 0.495 e. The molecule has 0 bridgehead atoms. The van der Waals surface area contributed by atoms with Crippen molar-refractivity contribution in [1.29, 1.82) is 5.26 Å². The first kappa shape index (κ1) is 11.2. The first-order valence-electron chi connectivity index (χ1n) is 5.09. The van der Waals surface area contributed by atoms with Gasteiger partial charge in [0, 0.05) is 5.56 Å². The number of nitriles is 1. The molecule has 0 saturated heterocycles. The highest BCUT2D eigenvalue weighted by atomic mass is 19.1. The number of benzene rings is 2. The lowest BCUT2D eigenvalue weighted by Gasteiger charge is -2.07. The Kier molecular flexibility index (Phi) is 3.06. The van der Waals surface area contributed by atoms with Crippen LogP contribution in [-0.2, 0) is 0 Å². The molecule has 0 aromatic heterocycles. The number of ether oxygens (including phenoxy) is 1. The lowest BCUT2D eigenvalue weighted by atomic mass is 10.0. The first-order valence-corrected chi connectivity index (χ1v) is 5.09. The van der Waals surface area contributed by atoms with Gasteiger partial charge in [-0.1, -0.05) is 24.3 Å². The van der Waals surface area contributed by atoms with Crippen LogP contribution in [0.4, 0.5) is 4.39 Å². The maximum absolute atomic E-state index is 13.6. The Bertz CT molecular complexity index is 587. The lowest BCUT2D eigenvalue weighted by molar-refractivity contribution is 0.413. The lowest BCUT2D eigenvalue weighted by Crippen LogP contribution is -1.90. The number of halogens is 1. The van der Waals surface area contributed by atoms with Crippen molar-refractivity contribution in [3.05, 3.63) is 53.8 Å². The van der Waals surface area contributed by atoms with Crippen molar-refractivity contribution in [3.8, 4) is 22.9 Å². The van der Waals surface area contributed by atoms with Gasteiger partial charge in [0.2, 0.25) is 0 Å². The maximum Gasteiger partial charge on any atom is 0.137 e.